The molecule has 0 aliphatic carbocycles. The number of nitrogens with one attached hydrogen (secondary N) is 1. The lowest BCUT2D eigenvalue weighted by molar-refractivity contribution is -0.116. The molecule has 0 radical (unpaired) electrons. The molecule has 4 heteroatoms. The number of carbonyl (C=O) groups excluding carboxylic acids is 1. The average Bonchev–Trinajstić information content (AvgIpc) is 2.54. The van der Waals surface area contributed by atoms with Crippen LogP contribution in [-0.4, -0.2) is 10.1 Å². The van der Waals surface area contributed by atoms with Crippen molar-refractivity contribution in [2.24, 2.45) is 0 Å². The number of anilines is 1. The van der Waals surface area contributed by atoms with Crippen LogP contribution in [0.5, 0.6) is 0 Å². The van der Waals surface area contributed by atoms with E-state index in [9.17, 15) is 9.00 Å². The van der Waals surface area contributed by atoms with Gasteiger partial charge in [0.2, 0.25) is 5.91 Å². The summed E-state index contributed by atoms with van der Waals surface area (Å²) in [5.41, 5.74) is 2.84. The van der Waals surface area contributed by atoms with E-state index >= 15 is 0 Å². The van der Waals surface area contributed by atoms with Crippen molar-refractivity contribution in [1.82, 2.24) is 0 Å². The molecular weight excluding hydrogens is 306 g/mol. The third-order valence-corrected chi connectivity index (χ3v) is 4.78. The van der Waals surface area contributed by atoms with Crippen molar-refractivity contribution >= 4 is 22.4 Å². The van der Waals surface area contributed by atoms with E-state index in [4.69, 9.17) is 0 Å². The summed E-state index contributed by atoms with van der Waals surface area (Å²) in [4.78, 5) is 11.8. The predicted molar refractivity (Wildman–Crippen MR) is 96.6 cm³/mol. The lowest BCUT2D eigenvalue weighted by Crippen LogP contribution is -2.11. The topological polar surface area (TPSA) is 46.2 Å². The van der Waals surface area contributed by atoms with Gasteiger partial charge in [-0.25, -0.2) is 0 Å². The Morgan fingerprint density at radius 2 is 1.70 bits per heavy atom. The van der Waals surface area contributed by atoms with Crippen molar-refractivity contribution in [3.8, 4) is 0 Å². The van der Waals surface area contributed by atoms with Crippen LogP contribution < -0.4 is 5.32 Å². The molecule has 0 unspecified atom stereocenters. The molecule has 1 amide bonds. The van der Waals surface area contributed by atoms with Crippen molar-refractivity contribution in [2.75, 3.05) is 5.32 Å². The second-order valence-corrected chi connectivity index (χ2v) is 7.02. The number of benzene rings is 2. The molecule has 2 aromatic rings. The van der Waals surface area contributed by atoms with E-state index in [-0.39, 0.29) is 5.91 Å². The maximum absolute atomic E-state index is 12.3. The van der Waals surface area contributed by atoms with Crippen molar-refractivity contribution in [1.29, 1.82) is 0 Å². The Bertz CT molecular complexity index is 655. The van der Waals surface area contributed by atoms with Crippen LogP contribution >= 0.6 is 0 Å². The van der Waals surface area contributed by atoms with E-state index in [0.29, 0.717) is 17.9 Å². The van der Waals surface area contributed by atoms with Gasteiger partial charge in [-0.1, -0.05) is 55.8 Å². The van der Waals surface area contributed by atoms with Crippen LogP contribution in [-0.2, 0) is 27.1 Å². The predicted octanol–water partition coefficient (Wildman–Crippen LogP) is 4.26. The smallest absolute Gasteiger partial charge is 0.224 e. The Hall–Kier alpha value is -1.94. The first-order chi connectivity index (χ1) is 11.2. The number of rotatable bonds is 8. The van der Waals surface area contributed by atoms with Crippen LogP contribution in [0.1, 0.15) is 37.3 Å². The highest BCUT2D eigenvalue weighted by Gasteiger charge is 2.06. The Labute approximate surface area is 140 Å². The first-order valence-electron chi connectivity index (χ1n) is 7.95. The summed E-state index contributed by atoms with van der Waals surface area (Å²) in [6, 6.07) is 17.5. The molecule has 0 spiro atoms. The van der Waals surface area contributed by atoms with Crippen LogP contribution in [0.25, 0.3) is 0 Å². The van der Waals surface area contributed by atoms with Crippen LogP contribution in [0.4, 0.5) is 5.69 Å². The molecule has 0 fully saturated rings. The molecule has 0 saturated carbocycles. The Balaban J connectivity index is 1.91. The highest BCUT2D eigenvalue weighted by atomic mass is 32.2. The third kappa shape index (κ3) is 6.37. The highest BCUT2D eigenvalue weighted by molar-refractivity contribution is 7.83. The van der Waals surface area contributed by atoms with Crippen LogP contribution in [0.3, 0.4) is 0 Å². The summed E-state index contributed by atoms with van der Waals surface area (Å²) >= 11 is 0. The normalized spacial score (nSPS) is 11.9. The summed E-state index contributed by atoms with van der Waals surface area (Å²) in [7, 11) is -0.960. The Kier molecular flexibility index (Phi) is 7.01. The first-order valence-corrected chi connectivity index (χ1v) is 9.44. The Morgan fingerprint density at radius 3 is 2.43 bits per heavy atom. The molecule has 2 rings (SSSR count). The van der Waals surface area contributed by atoms with Crippen LogP contribution in [0.2, 0.25) is 0 Å². The van der Waals surface area contributed by atoms with Crippen molar-refractivity contribution in [3.63, 3.8) is 0 Å². The molecular formula is C19H23NO2S. The van der Waals surface area contributed by atoms with Gasteiger partial charge >= 0.3 is 0 Å². The second-order valence-electron chi connectivity index (χ2n) is 5.57. The molecule has 1 atom stereocenters. The minimum absolute atomic E-state index is 0.0365. The Morgan fingerprint density at radius 1 is 1.00 bits per heavy atom. The lowest BCUT2D eigenvalue weighted by Gasteiger charge is -2.08. The van der Waals surface area contributed by atoms with Crippen molar-refractivity contribution in [2.45, 2.75) is 37.7 Å². The summed E-state index contributed by atoms with van der Waals surface area (Å²) in [6.07, 6.45) is 2.44. The van der Waals surface area contributed by atoms with Gasteiger partial charge in [0.05, 0.1) is 0 Å². The van der Waals surface area contributed by atoms with Gasteiger partial charge in [0, 0.05) is 34.4 Å². The van der Waals surface area contributed by atoms with Gasteiger partial charge in [-0.3, -0.25) is 9.00 Å². The average molecular weight is 329 g/mol. The van der Waals surface area contributed by atoms with Gasteiger partial charge in [-0.2, -0.15) is 0 Å². The fourth-order valence-corrected chi connectivity index (χ4v) is 3.51. The minimum Gasteiger partial charge on any atom is -0.326 e. The quantitative estimate of drug-likeness (QED) is 0.786. The molecule has 0 aromatic heterocycles. The summed E-state index contributed by atoms with van der Waals surface area (Å²) < 4.78 is 12.3. The number of carbonyl (C=O) groups is 1. The van der Waals surface area contributed by atoms with E-state index in [1.54, 1.807) is 0 Å². The van der Waals surface area contributed by atoms with Gasteiger partial charge in [-0.15, -0.1) is 0 Å². The van der Waals surface area contributed by atoms with E-state index in [0.717, 1.165) is 29.7 Å². The second kappa shape index (κ2) is 9.26. The van der Waals surface area contributed by atoms with Gasteiger partial charge in [0.25, 0.3) is 0 Å². The number of unbranched alkanes of at least 4 members (excludes halogenated alkanes) is 1. The van der Waals surface area contributed by atoms with E-state index in [2.05, 4.69) is 12.2 Å². The maximum Gasteiger partial charge on any atom is 0.224 e. The summed E-state index contributed by atoms with van der Waals surface area (Å²) in [5.74, 6) is 1.08. The minimum atomic E-state index is -0.960. The fourth-order valence-electron chi connectivity index (χ4n) is 2.30. The zero-order valence-electron chi connectivity index (χ0n) is 13.5. The van der Waals surface area contributed by atoms with E-state index in [1.165, 1.54) is 0 Å². The van der Waals surface area contributed by atoms with Crippen molar-refractivity contribution < 1.29 is 9.00 Å². The highest BCUT2D eigenvalue weighted by Crippen LogP contribution is 2.15. The number of amides is 1. The van der Waals surface area contributed by atoms with Gasteiger partial charge in [0.1, 0.15) is 0 Å². The van der Waals surface area contributed by atoms with E-state index in [1.807, 2.05) is 54.6 Å². The zero-order valence-corrected chi connectivity index (χ0v) is 14.3. The molecule has 23 heavy (non-hydrogen) atoms. The molecule has 0 aliphatic heterocycles. The van der Waals surface area contributed by atoms with Gasteiger partial charge in [0.15, 0.2) is 0 Å². The molecule has 0 aliphatic rings. The van der Waals surface area contributed by atoms with Crippen LogP contribution in [0, 0.1) is 0 Å². The van der Waals surface area contributed by atoms with E-state index < -0.39 is 10.8 Å². The molecule has 0 heterocycles. The lowest BCUT2D eigenvalue weighted by atomic mass is 10.2. The van der Waals surface area contributed by atoms with Crippen LogP contribution in [0.15, 0.2) is 54.6 Å². The number of hydrogen-bond donors (Lipinski definition) is 1. The number of hydrogen-bond acceptors (Lipinski definition) is 2. The van der Waals surface area contributed by atoms with Gasteiger partial charge in [-0.05, 0) is 29.7 Å². The third-order valence-electron chi connectivity index (χ3n) is 3.47. The monoisotopic (exact) mass is 329 g/mol. The zero-order chi connectivity index (χ0) is 16.5. The molecule has 2 aromatic carbocycles. The standard InChI is InChI=1S/C19H23NO2S/c1-2-3-12-19(21)20-18-11-7-10-17(13-18)15-23(22)14-16-8-5-4-6-9-16/h4-11,13H,2-3,12,14-15H2,1H3,(H,20,21)/t23-/m0/s1. The molecule has 0 bridgehead atoms. The molecule has 122 valence electrons. The first kappa shape index (κ1) is 17.4. The maximum atomic E-state index is 12.3. The summed E-state index contributed by atoms with van der Waals surface area (Å²) in [5, 5.41) is 2.90. The SMILES string of the molecule is CCCCC(=O)Nc1cccc(C[S@@](=O)Cc2ccccc2)c1. The molecule has 3 nitrogen and oxygen atoms in total. The largest absolute Gasteiger partial charge is 0.326 e. The fraction of sp³-hybridized carbons (Fsp3) is 0.316. The summed E-state index contributed by atoms with van der Waals surface area (Å²) in [6.45, 7) is 2.07. The van der Waals surface area contributed by atoms with Crippen molar-refractivity contribution in [3.05, 3.63) is 65.7 Å². The molecule has 1 N–H and O–H groups in total. The van der Waals surface area contributed by atoms with Gasteiger partial charge < -0.3 is 5.32 Å². The molecule has 0 saturated heterocycles.